The maximum Gasteiger partial charge on any atom is 0.269 e. The second-order valence-corrected chi connectivity index (χ2v) is 6.13. The van der Waals surface area contributed by atoms with Crippen molar-refractivity contribution in [2.75, 3.05) is 33.1 Å². The quantitative estimate of drug-likeness (QED) is 0.565. The molecule has 0 heterocycles. The van der Waals surface area contributed by atoms with Gasteiger partial charge in [-0.15, -0.1) is 0 Å². The Morgan fingerprint density at radius 3 is 2.56 bits per heavy atom. The number of aryl methyl sites for hydroxylation is 1. The fraction of sp³-hybridized carbons (Fsp3) is 0.316. The lowest BCUT2D eigenvalue weighted by atomic mass is 10.1. The van der Waals surface area contributed by atoms with E-state index in [-0.39, 0.29) is 18.1 Å². The Morgan fingerprint density at radius 2 is 1.96 bits per heavy atom. The fourth-order valence-electron chi connectivity index (χ4n) is 2.76. The van der Waals surface area contributed by atoms with Crippen molar-refractivity contribution in [3.63, 3.8) is 0 Å². The molecule has 0 fully saturated rings. The summed E-state index contributed by atoms with van der Waals surface area (Å²) in [5, 5.41) is 13.6. The summed E-state index contributed by atoms with van der Waals surface area (Å²) < 4.78 is 10.7. The van der Waals surface area contributed by atoms with E-state index in [1.165, 1.54) is 18.2 Å². The minimum absolute atomic E-state index is 0.00673. The van der Waals surface area contributed by atoms with Crippen molar-refractivity contribution in [1.29, 1.82) is 0 Å². The zero-order valence-electron chi connectivity index (χ0n) is 15.8. The van der Waals surface area contributed by atoms with Crippen LogP contribution < -0.4 is 14.8 Å². The highest BCUT2D eigenvalue weighted by Crippen LogP contribution is 2.31. The van der Waals surface area contributed by atoms with Crippen LogP contribution in [0.4, 0.5) is 11.4 Å². The maximum absolute atomic E-state index is 12.3. The Morgan fingerprint density at radius 1 is 1.22 bits per heavy atom. The highest BCUT2D eigenvalue weighted by molar-refractivity contribution is 5.93. The van der Waals surface area contributed by atoms with E-state index in [0.29, 0.717) is 29.3 Å². The van der Waals surface area contributed by atoms with Crippen LogP contribution in [-0.4, -0.2) is 43.5 Å². The zero-order valence-corrected chi connectivity index (χ0v) is 15.8. The molecule has 2 aromatic carbocycles. The van der Waals surface area contributed by atoms with Crippen LogP contribution in [0.2, 0.25) is 0 Å². The highest BCUT2D eigenvalue weighted by Gasteiger charge is 2.15. The van der Waals surface area contributed by atoms with Crippen LogP contribution in [0.15, 0.2) is 36.4 Å². The molecular formula is C19H23N3O5. The SMILES string of the molecule is COc1cccc(CN(C)CC(=O)Nc2ccc([N+](=O)[O-])cc2C)c1OC. The van der Waals surface area contributed by atoms with Gasteiger partial charge in [0, 0.05) is 29.9 Å². The van der Waals surface area contributed by atoms with E-state index < -0.39 is 4.92 Å². The van der Waals surface area contributed by atoms with Crippen LogP contribution in [0.25, 0.3) is 0 Å². The second-order valence-electron chi connectivity index (χ2n) is 6.13. The van der Waals surface area contributed by atoms with E-state index in [9.17, 15) is 14.9 Å². The predicted molar refractivity (Wildman–Crippen MR) is 102 cm³/mol. The van der Waals surface area contributed by atoms with Gasteiger partial charge in [0.2, 0.25) is 5.91 Å². The first kappa shape index (κ1) is 20.2. The van der Waals surface area contributed by atoms with E-state index in [0.717, 1.165) is 5.56 Å². The number of benzene rings is 2. The molecule has 0 unspecified atom stereocenters. The average Bonchev–Trinajstić information content (AvgIpc) is 2.62. The third-order valence-corrected chi connectivity index (χ3v) is 4.03. The number of amides is 1. The average molecular weight is 373 g/mol. The molecule has 0 saturated heterocycles. The predicted octanol–water partition coefficient (Wildman–Crippen LogP) is 2.99. The molecule has 0 aliphatic rings. The number of nitro groups is 1. The van der Waals surface area contributed by atoms with Gasteiger partial charge in [0.1, 0.15) is 0 Å². The first-order chi connectivity index (χ1) is 12.8. The smallest absolute Gasteiger partial charge is 0.269 e. The van der Waals surface area contributed by atoms with Crippen LogP contribution in [0, 0.1) is 17.0 Å². The third-order valence-electron chi connectivity index (χ3n) is 4.03. The molecule has 2 rings (SSSR count). The van der Waals surface area contributed by atoms with Gasteiger partial charge in [-0.1, -0.05) is 12.1 Å². The molecule has 0 spiro atoms. The van der Waals surface area contributed by atoms with Gasteiger partial charge >= 0.3 is 0 Å². The molecule has 0 bridgehead atoms. The Bertz CT molecular complexity index is 838. The largest absolute Gasteiger partial charge is 0.493 e. The molecule has 0 aliphatic heterocycles. The van der Waals surface area contributed by atoms with Gasteiger partial charge in [0.15, 0.2) is 11.5 Å². The normalized spacial score (nSPS) is 10.6. The standard InChI is InChI=1S/C19H23N3O5/c1-13-10-15(22(24)25)8-9-16(13)20-18(23)12-21(2)11-14-6-5-7-17(26-3)19(14)27-4/h5-10H,11-12H2,1-4H3,(H,20,23). The van der Waals surface area contributed by atoms with Crippen molar-refractivity contribution in [3.05, 3.63) is 57.6 Å². The summed E-state index contributed by atoms with van der Waals surface area (Å²) in [6.45, 7) is 2.36. The topological polar surface area (TPSA) is 93.9 Å². The lowest BCUT2D eigenvalue weighted by Gasteiger charge is -2.19. The number of rotatable bonds is 8. The van der Waals surface area contributed by atoms with Crippen LogP contribution in [-0.2, 0) is 11.3 Å². The lowest BCUT2D eigenvalue weighted by Crippen LogP contribution is -2.30. The number of ether oxygens (including phenoxy) is 2. The molecule has 8 nitrogen and oxygen atoms in total. The highest BCUT2D eigenvalue weighted by atomic mass is 16.6. The number of methoxy groups -OCH3 is 2. The molecule has 0 aromatic heterocycles. The molecule has 2 aromatic rings. The second kappa shape index (κ2) is 9.00. The summed E-state index contributed by atoms with van der Waals surface area (Å²) >= 11 is 0. The Labute approximate surface area is 157 Å². The number of nitro benzene ring substituents is 1. The van der Waals surface area contributed by atoms with Crippen molar-refractivity contribution in [2.45, 2.75) is 13.5 Å². The van der Waals surface area contributed by atoms with Crippen molar-refractivity contribution < 1.29 is 19.2 Å². The molecule has 0 aliphatic carbocycles. The van der Waals surface area contributed by atoms with Crippen LogP contribution in [0.3, 0.4) is 0 Å². The van der Waals surface area contributed by atoms with Gasteiger partial charge in [-0.2, -0.15) is 0 Å². The number of hydrogen-bond acceptors (Lipinski definition) is 6. The minimum Gasteiger partial charge on any atom is -0.493 e. The summed E-state index contributed by atoms with van der Waals surface area (Å²) in [7, 11) is 4.97. The first-order valence-corrected chi connectivity index (χ1v) is 8.29. The molecule has 8 heteroatoms. The maximum atomic E-state index is 12.3. The van der Waals surface area contributed by atoms with Crippen molar-refractivity contribution in [1.82, 2.24) is 4.90 Å². The van der Waals surface area contributed by atoms with E-state index in [2.05, 4.69) is 5.32 Å². The summed E-state index contributed by atoms with van der Waals surface area (Å²) in [5.41, 5.74) is 2.08. The van der Waals surface area contributed by atoms with Crippen LogP contribution in [0.5, 0.6) is 11.5 Å². The van der Waals surface area contributed by atoms with Gasteiger partial charge in [0.25, 0.3) is 5.69 Å². The molecule has 27 heavy (non-hydrogen) atoms. The first-order valence-electron chi connectivity index (χ1n) is 8.29. The number of anilines is 1. The lowest BCUT2D eigenvalue weighted by molar-refractivity contribution is -0.384. The number of nitrogens with zero attached hydrogens (tertiary/aromatic N) is 2. The fourth-order valence-corrected chi connectivity index (χ4v) is 2.76. The number of nitrogens with one attached hydrogen (secondary N) is 1. The van der Waals surface area contributed by atoms with E-state index in [1.54, 1.807) is 21.1 Å². The number of para-hydroxylation sites is 1. The minimum atomic E-state index is -0.464. The molecule has 1 N–H and O–H groups in total. The van der Waals surface area contributed by atoms with Gasteiger partial charge in [-0.3, -0.25) is 19.8 Å². The summed E-state index contributed by atoms with van der Waals surface area (Å²) in [4.78, 5) is 24.5. The van der Waals surface area contributed by atoms with Crippen molar-refractivity contribution in [3.8, 4) is 11.5 Å². The summed E-state index contributed by atoms with van der Waals surface area (Å²) in [6, 6.07) is 9.93. The Hall–Kier alpha value is -3.13. The van der Waals surface area contributed by atoms with Crippen LogP contribution >= 0.6 is 0 Å². The Balaban J connectivity index is 2.01. The molecular weight excluding hydrogens is 350 g/mol. The Kier molecular flexibility index (Phi) is 6.73. The van der Waals surface area contributed by atoms with Gasteiger partial charge < -0.3 is 14.8 Å². The molecule has 144 valence electrons. The molecule has 0 atom stereocenters. The third kappa shape index (κ3) is 5.18. The number of non-ortho nitro benzene ring substituents is 1. The van der Waals surface area contributed by atoms with Crippen LogP contribution in [0.1, 0.15) is 11.1 Å². The number of carbonyl (C=O) groups excluding carboxylic acids is 1. The van der Waals surface area contributed by atoms with Gasteiger partial charge in [-0.25, -0.2) is 0 Å². The zero-order chi connectivity index (χ0) is 20.0. The molecule has 0 radical (unpaired) electrons. The van der Waals surface area contributed by atoms with E-state index in [1.807, 2.05) is 30.1 Å². The summed E-state index contributed by atoms with van der Waals surface area (Å²) in [5.74, 6) is 1.06. The summed E-state index contributed by atoms with van der Waals surface area (Å²) in [6.07, 6.45) is 0. The van der Waals surface area contributed by atoms with Gasteiger partial charge in [-0.05, 0) is 31.7 Å². The number of hydrogen-bond donors (Lipinski definition) is 1. The monoisotopic (exact) mass is 373 g/mol. The van der Waals surface area contributed by atoms with Crippen molar-refractivity contribution in [2.24, 2.45) is 0 Å². The van der Waals surface area contributed by atoms with Crippen molar-refractivity contribution >= 4 is 17.3 Å². The molecule has 1 amide bonds. The number of carbonyl (C=O) groups is 1. The van der Waals surface area contributed by atoms with E-state index in [4.69, 9.17) is 9.47 Å². The van der Waals surface area contributed by atoms with Gasteiger partial charge in [0.05, 0.1) is 25.7 Å². The van der Waals surface area contributed by atoms with E-state index >= 15 is 0 Å². The number of likely N-dealkylation sites (N-methyl/N-ethyl adjacent to an activating group) is 1. The molecule has 0 saturated carbocycles.